The minimum Gasteiger partial charge on any atom is -0.361 e. The lowest BCUT2D eigenvalue weighted by atomic mass is 10.2. The third-order valence-electron chi connectivity index (χ3n) is 2.97. The van der Waals surface area contributed by atoms with E-state index < -0.39 is 10.0 Å². The molecule has 8 heteroatoms. The van der Waals surface area contributed by atoms with Crippen molar-refractivity contribution in [2.75, 3.05) is 5.32 Å². The highest BCUT2D eigenvalue weighted by Crippen LogP contribution is 2.09. The number of hydrogen-bond donors (Lipinski definition) is 2. The molecule has 1 aromatic carbocycles. The maximum absolute atomic E-state index is 11.9. The number of primary sulfonamides is 1. The van der Waals surface area contributed by atoms with Crippen LogP contribution in [0, 0.1) is 0 Å². The second-order valence-corrected chi connectivity index (χ2v) is 5.97. The topological polar surface area (TPSA) is 107 Å². The van der Waals surface area contributed by atoms with Crippen LogP contribution in [-0.4, -0.2) is 18.0 Å². The molecule has 0 aliphatic rings. The van der Waals surface area contributed by atoms with E-state index in [2.05, 4.69) is 10.3 Å². The van der Waals surface area contributed by atoms with Crippen LogP contribution in [-0.2, 0) is 23.1 Å². The van der Waals surface area contributed by atoms with Crippen molar-refractivity contribution < 1.29 is 8.42 Å². The van der Waals surface area contributed by atoms with Crippen molar-refractivity contribution >= 4 is 15.8 Å². The van der Waals surface area contributed by atoms with E-state index >= 15 is 0 Å². The first-order chi connectivity index (χ1) is 9.91. The summed E-state index contributed by atoms with van der Waals surface area (Å²) in [5, 5.41) is 7.96. The van der Waals surface area contributed by atoms with E-state index in [1.807, 2.05) is 6.92 Å². The third-order valence-corrected chi connectivity index (χ3v) is 3.90. The summed E-state index contributed by atoms with van der Waals surface area (Å²) in [6.07, 6.45) is 3.17. The Bertz CT molecular complexity index is 782. The number of benzene rings is 1. The van der Waals surface area contributed by atoms with Gasteiger partial charge < -0.3 is 9.88 Å². The van der Waals surface area contributed by atoms with Gasteiger partial charge in [0, 0.05) is 25.5 Å². The molecule has 0 amide bonds. The number of nitrogens with two attached hydrogens (primary N) is 1. The molecule has 1 heterocycles. The molecule has 2 rings (SSSR count). The fraction of sp³-hybridized carbons (Fsp3) is 0.231. The van der Waals surface area contributed by atoms with Crippen molar-refractivity contribution in [2.45, 2.75) is 24.9 Å². The zero-order chi connectivity index (χ0) is 15.5. The summed E-state index contributed by atoms with van der Waals surface area (Å²) < 4.78 is 23.8. The first-order valence-corrected chi connectivity index (χ1v) is 7.87. The Hall–Kier alpha value is -2.19. The number of aromatic nitrogens is 2. The minimum atomic E-state index is -3.69. The first kappa shape index (κ1) is 15.2. The van der Waals surface area contributed by atoms with Crippen molar-refractivity contribution in [2.24, 2.45) is 5.14 Å². The molecule has 0 unspecified atom stereocenters. The number of nitrogens with one attached hydrogen (secondary N) is 1. The number of rotatable bonds is 5. The predicted octanol–water partition coefficient (Wildman–Crippen LogP) is 0.523. The smallest absolute Gasteiger partial charge is 0.293 e. The fourth-order valence-corrected chi connectivity index (χ4v) is 2.32. The summed E-state index contributed by atoms with van der Waals surface area (Å²) in [6, 6.07) is 6.12. The zero-order valence-electron chi connectivity index (χ0n) is 11.5. The van der Waals surface area contributed by atoms with Crippen LogP contribution in [0.15, 0.2) is 46.3 Å². The maximum atomic E-state index is 11.9. The van der Waals surface area contributed by atoms with Gasteiger partial charge in [0.25, 0.3) is 5.56 Å². The molecule has 0 bridgehead atoms. The Kier molecular flexibility index (Phi) is 4.39. The lowest BCUT2D eigenvalue weighted by Crippen LogP contribution is -2.23. The summed E-state index contributed by atoms with van der Waals surface area (Å²) in [7, 11) is -3.69. The lowest BCUT2D eigenvalue weighted by molar-refractivity contribution is 0.598. The average molecular weight is 308 g/mol. The molecule has 0 fully saturated rings. The summed E-state index contributed by atoms with van der Waals surface area (Å²) in [6.45, 7) is 2.80. The molecule has 0 spiro atoms. The summed E-state index contributed by atoms with van der Waals surface area (Å²) in [4.78, 5) is 16.0. The normalized spacial score (nSPS) is 11.3. The largest absolute Gasteiger partial charge is 0.361 e. The van der Waals surface area contributed by atoms with E-state index in [1.165, 1.54) is 12.1 Å². The highest BCUT2D eigenvalue weighted by molar-refractivity contribution is 7.89. The van der Waals surface area contributed by atoms with E-state index in [0.29, 0.717) is 13.1 Å². The molecule has 0 saturated carbocycles. The highest BCUT2D eigenvalue weighted by atomic mass is 32.2. The summed E-state index contributed by atoms with van der Waals surface area (Å²) in [5.74, 6) is 0.259. The monoisotopic (exact) mass is 308 g/mol. The SMILES string of the molecule is CCn1ccnc(NCc2ccc(S(N)(=O)=O)cc2)c1=O. The molecule has 0 atom stereocenters. The van der Waals surface area contributed by atoms with Gasteiger partial charge in [-0.1, -0.05) is 12.1 Å². The number of anilines is 1. The molecule has 0 radical (unpaired) electrons. The molecular formula is C13H16N4O3S. The first-order valence-electron chi connectivity index (χ1n) is 6.33. The van der Waals surface area contributed by atoms with Crippen LogP contribution in [0.5, 0.6) is 0 Å². The van der Waals surface area contributed by atoms with Gasteiger partial charge in [-0.15, -0.1) is 0 Å². The number of hydrogen-bond acceptors (Lipinski definition) is 5. The van der Waals surface area contributed by atoms with Gasteiger partial charge in [-0.2, -0.15) is 0 Å². The number of aryl methyl sites for hydroxylation is 1. The maximum Gasteiger partial charge on any atom is 0.293 e. The second-order valence-electron chi connectivity index (χ2n) is 4.41. The van der Waals surface area contributed by atoms with Gasteiger partial charge in [0.15, 0.2) is 5.82 Å². The predicted molar refractivity (Wildman–Crippen MR) is 79.3 cm³/mol. The van der Waals surface area contributed by atoms with Crippen molar-refractivity contribution in [3.63, 3.8) is 0 Å². The Morgan fingerprint density at radius 2 is 1.95 bits per heavy atom. The Morgan fingerprint density at radius 1 is 1.29 bits per heavy atom. The van der Waals surface area contributed by atoms with Crippen molar-refractivity contribution in [3.8, 4) is 0 Å². The third kappa shape index (κ3) is 3.67. The molecule has 3 N–H and O–H groups in total. The molecule has 2 aromatic rings. The standard InChI is InChI=1S/C13H16N4O3S/c1-2-17-8-7-15-12(13(17)18)16-9-10-3-5-11(6-4-10)21(14,19)20/h3-8H,2,9H2,1H3,(H,15,16)(H2,14,19,20). The Balaban J connectivity index is 2.12. The summed E-state index contributed by atoms with van der Waals surface area (Å²) >= 11 is 0. The van der Waals surface area contributed by atoms with Crippen molar-refractivity contribution in [1.82, 2.24) is 9.55 Å². The van der Waals surface area contributed by atoms with Crippen LogP contribution in [0.2, 0.25) is 0 Å². The molecule has 0 aliphatic heterocycles. The fourth-order valence-electron chi connectivity index (χ4n) is 1.80. The van der Waals surface area contributed by atoms with E-state index in [9.17, 15) is 13.2 Å². The van der Waals surface area contributed by atoms with Gasteiger partial charge >= 0.3 is 0 Å². The number of nitrogens with zero attached hydrogens (tertiary/aromatic N) is 2. The molecule has 0 saturated heterocycles. The summed E-state index contributed by atoms with van der Waals surface area (Å²) in [5.41, 5.74) is 0.622. The average Bonchev–Trinajstić information content (AvgIpc) is 2.46. The van der Waals surface area contributed by atoms with Gasteiger partial charge in [0.05, 0.1) is 4.90 Å². The van der Waals surface area contributed by atoms with Crippen LogP contribution >= 0.6 is 0 Å². The highest BCUT2D eigenvalue weighted by Gasteiger charge is 2.07. The van der Waals surface area contributed by atoms with Gasteiger partial charge in [-0.05, 0) is 24.6 Å². The van der Waals surface area contributed by atoms with Gasteiger partial charge in [-0.25, -0.2) is 18.5 Å². The van der Waals surface area contributed by atoms with E-state index in [-0.39, 0.29) is 16.3 Å². The molecule has 112 valence electrons. The van der Waals surface area contributed by atoms with Crippen LogP contribution in [0.1, 0.15) is 12.5 Å². The van der Waals surface area contributed by atoms with E-state index in [0.717, 1.165) is 5.56 Å². The van der Waals surface area contributed by atoms with Crippen LogP contribution < -0.4 is 16.0 Å². The molecule has 0 aliphatic carbocycles. The van der Waals surface area contributed by atoms with E-state index in [1.54, 1.807) is 29.1 Å². The van der Waals surface area contributed by atoms with Crippen molar-refractivity contribution in [3.05, 3.63) is 52.6 Å². The lowest BCUT2D eigenvalue weighted by Gasteiger charge is -2.08. The molecular weight excluding hydrogens is 292 g/mol. The Labute approximate surface area is 122 Å². The zero-order valence-corrected chi connectivity index (χ0v) is 12.3. The Morgan fingerprint density at radius 3 is 2.52 bits per heavy atom. The van der Waals surface area contributed by atoms with Crippen molar-refractivity contribution in [1.29, 1.82) is 0 Å². The quantitative estimate of drug-likeness (QED) is 0.837. The van der Waals surface area contributed by atoms with Gasteiger partial charge in [0.2, 0.25) is 10.0 Å². The van der Waals surface area contributed by atoms with Crippen LogP contribution in [0.4, 0.5) is 5.82 Å². The molecule has 7 nitrogen and oxygen atoms in total. The van der Waals surface area contributed by atoms with Crippen LogP contribution in [0.25, 0.3) is 0 Å². The van der Waals surface area contributed by atoms with Gasteiger partial charge in [-0.3, -0.25) is 4.79 Å². The molecule has 21 heavy (non-hydrogen) atoms. The van der Waals surface area contributed by atoms with Gasteiger partial charge in [0.1, 0.15) is 0 Å². The molecule has 1 aromatic heterocycles. The van der Waals surface area contributed by atoms with Crippen LogP contribution in [0.3, 0.4) is 0 Å². The minimum absolute atomic E-state index is 0.0532. The second kappa shape index (κ2) is 6.06. The number of sulfonamides is 1. The van der Waals surface area contributed by atoms with E-state index in [4.69, 9.17) is 5.14 Å².